The molecule has 0 saturated heterocycles. The summed E-state index contributed by atoms with van der Waals surface area (Å²) in [6, 6.07) is 15.5. The van der Waals surface area contributed by atoms with E-state index < -0.39 is 5.91 Å². The minimum atomic E-state index is -0.501. The maximum Gasteiger partial charge on any atom is 0.249 e. The Morgan fingerprint density at radius 1 is 1.06 bits per heavy atom. The summed E-state index contributed by atoms with van der Waals surface area (Å²) >= 11 is 0. The van der Waals surface area contributed by atoms with Crippen LogP contribution in [0, 0.1) is 0 Å². The van der Waals surface area contributed by atoms with Crippen molar-refractivity contribution in [1.82, 2.24) is 9.97 Å². The fourth-order valence-electron chi connectivity index (χ4n) is 3.92. The first-order valence-corrected chi connectivity index (χ1v) is 10.3. The molecule has 1 amide bonds. The lowest BCUT2D eigenvalue weighted by Gasteiger charge is -2.14. The number of rotatable bonds is 5. The first-order chi connectivity index (χ1) is 15.2. The van der Waals surface area contributed by atoms with Crippen LogP contribution in [-0.4, -0.2) is 22.5 Å². The van der Waals surface area contributed by atoms with E-state index in [1.165, 1.54) is 6.26 Å². The Kier molecular flexibility index (Phi) is 5.09. The topological polar surface area (TPSA) is 103 Å². The predicted octanol–water partition coefficient (Wildman–Crippen LogP) is 4.06. The van der Waals surface area contributed by atoms with Gasteiger partial charge >= 0.3 is 0 Å². The van der Waals surface area contributed by atoms with Crippen molar-refractivity contribution in [3.05, 3.63) is 77.2 Å². The second-order valence-corrected chi connectivity index (χ2v) is 7.51. The predicted molar refractivity (Wildman–Crippen MR) is 118 cm³/mol. The summed E-state index contributed by atoms with van der Waals surface area (Å²) in [5, 5.41) is 4.88. The van der Waals surface area contributed by atoms with Crippen molar-refractivity contribution in [2.24, 2.45) is 5.73 Å². The van der Waals surface area contributed by atoms with Crippen LogP contribution in [0.25, 0.3) is 22.4 Å². The maximum absolute atomic E-state index is 11.8. The Morgan fingerprint density at radius 3 is 2.77 bits per heavy atom. The second kappa shape index (κ2) is 8.20. The van der Waals surface area contributed by atoms with E-state index in [1.54, 1.807) is 12.1 Å². The van der Waals surface area contributed by atoms with Crippen LogP contribution in [0.15, 0.2) is 59.2 Å². The first kappa shape index (κ1) is 19.3. The minimum Gasteiger partial charge on any atom is -0.460 e. The molecule has 0 radical (unpaired) electrons. The van der Waals surface area contributed by atoms with E-state index in [0.717, 1.165) is 40.9 Å². The molecular formula is C24H22N4O3. The highest BCUT2D eigenvalue weighted by molar-refractivity contribution is 6.08. The SMILES string of the molecule is NC(=O)c1cccc2c(-c3nc4c(c(NCc5ccccc5)n3)CCCOC4)occ12. The van der Waals surface area contributed by atoms with E-state index in [9.17, 15) is 4.79 Å². The Morgan fingerprint density at radius 2 is 1.94 bits per heavy atom. The Labute approximate surface area is 179 Å². The Balaban J connectivity index is 1.59. The first-order valence-electron chi connectivity index (χ1n) is 10.3. The quantitative estimate of drug-likeness (QED) is 0.510. The van der Waals surface area contributed by atoms with Gasteiger partial charge in [-0.3, -0.25) is 4.79 Å². The molecule has 0 spiro atoms. The van der Waals surface area contributed by atoms with Crippen LogP contribution in [0.4, 0.5) is 5.82 Å². The van der Waals surface area contributed by atoms with Crippen LogP contribution in [0.5, 0.6) is 0 Å². The number of benzene rings is 2. The minimum absolute atomic E-state index is 0.410. The fourth-order valence-corrected chi connectivity index (χ4v) is 3.92. The molecule has 7 nitrogen and oxygen atoms in total. The number of anilines is 1. The standard InChI is InChI=1S/C24H22N4O3/c25-22(29)17-9-4-8-16-19(17)13-31-21(16)24-27-20-14-30-11-5-10-18(20)23(28-24)26-12-15-6-2-1-3-7-15/h1-4,6-9,13H,5,10-12,14H2,(H2,25,29)(H,26,27,28). The number of nitrogens with one attached hydrogen (secondary N) is 1. The van der Waals surface area contributed by atoms with Crippen molar-refractivity contribution in [3.63, 3.8) is 0 Å². The number of carbonyl (C=O) groups excluding carboxylic acids is 1. The lowest BCUT2D eigenvalue weighted by Crippen LogP contribution is -2.11. The number of nitrogens with two attached hydrogens (primary N) is 1. The number of amides is 1. The summed E-state index contributed by atoms with van der Waals surface area (Å²) in [6.07, 6.45) is 3.30. The molecule has 0 saturated carbocycles. The fraction of sp³-hybridized carbons (Fsp3) is 0.208. The molecule has 0 bridgehead atoms. The molecule has 0 atom stereocenters. The van der Waals surface area contributed by atoms with Gasteiger partial charge in [-0.15, -0.1) is 0 Å². The lowest BCUT2D eigenvalue weighted by molar-refractivity contribution is 0.100. The largest absolute Gasteiger partial charge is 0.460 e. The number of nitrogens with zero attached hydrogens (tertiary/aromatic N) is 2. The van der Waals surface area contributed by atoms with Gasteiger partial charge in [0.25, 0.3) is 0 Å². The number of carbonyl (C=O) groups is 1. The molecule has 3 N–H and O–H groups in total. The van der Waals surface area contributed by atoms with Gasteiger partial charge in [-0.2, -0.15) is 0 Å². The second-order valence-electron chi connectivity index (χ2n) is 7.51. The Hall–Kier alpha value is -3.71. The zero-order valence-corrected chi connectivity index (χ0v) is 16.9. The number of hydrogen-bond donors (Lipinski definition) is 2. The molecule has 0 aliphatic carbocycles. The van der Waals surface area contributed by atoms with E-state index >= 15 is 0 Å². The van der Waals surface area contributed by atoms with E-state index in [4.69, 9.17) is 24.9 Å². The zero-order valence-electron chi connectivity index (χ0n) is 16.9. The van der Waals surface area contributed by atoms with Crippen LogP contribution in [0.3, 0.4) is 0 Å². The summed E-state index contributed by atoms with van der Waals surface area (Å²) in [6.45, 7) is 1.76. The molecule has 1 aliphatic rings. The van der Waals surface area contributed by atoms with E-state index in [2.05, 4.69) is 17.4 Å². The molecule has 31 heavy (non-hydrogen) atoms. The molecule has 3 heterocycles. The van der Waals surface area contributed by atoms with Crippen molar-refractivity contribution in [2.75, 3.05) is 11.9 Å². The van der Waals surface area contributed by atoms with Crippen molar-refractivity contribution in [2.45, 2.75) is 26.0 Å². The van der Waals surface area contributed by atoms with Gasteiger partial charge in [0.15, 0.2) is 11.6 Å². The molecule has 2 aromatic carbocycles. The zero-order chi connectivity index (χ0) is 21.2. The normalized spacial score (nSPS) is 13.5. The van der Waals surface area contributed by atoms with Gasteiger partial charge in [0, 0.05) is 29.5 Å². The highest BCUT2D eigenvalue weighted by Gasteiger charge is 2.21. The molecule has 156 valence electrons. The number of fused-ring (bicyclic) bond motifs is 2. The number of ether oxygens (including phenoxy) is 1. The van der Waals surface area contributed by atoms with Crippen LogP contribution in [-0.2, 0) is 24.3 Å². The molecule has 1 aliphatic heterocycles. The Bertz CT molecular complexity index is 1250. The summed E-state index contributed by atoms with van der Waals surface area (Å²) in [5.74, 6) is 1.24. The highest BCUT2D eigenvalue weighted by Crippen LogP contribution is 2.33. The van der Waals surface area contributed by atoms with Crippen molar-refractivity contribution in [1.29, 1.82) is 0 Å². The maximum atomic E-state index is 11.8. The average molecular weight is 414 g/mol. The summed E-state index contributed by atoms with van der Waals surface area (Å²) in [7, 11) is 0. The smallest absolute Gasteiger partial charge is 0.249 e. The molecule has 2 aromatic heterocycles. The number of primary amides is 1. The van der Waals surface area contributed by atoms with Gasteiger partial charge in [0.05, 0.1) is 17.9 Å². The van der Waals surface area contributed by atoms with Crippen LogP contribution >= 0.6 is 0 Å². The lowest BCUT2D eigenvalue weighted by atomic mass is 10.1. The van der Waals surface area contributed by atoms with Gasteiger partial charge in [-0.1, -0.05) is 42.5 Å². The third-order valence-electron chi connectivity index (χ3n) is 5.46. The van der Waals surface area contributed by atoms with E-state index in [-0.39, 0.29) is 0 Å². The van der Waals surface area contributed by atoms with Gasteiger partial charge in [0.1, 0.15) is 12.1 Å². The highest BCUT2D eigenvalue weighted by atomic mass is 16.5. The molecule has 0 unspecified atom stereocenters. The third kappa shape index (κ3) is 3.75. The molecule has 7 heteroatoms. The van der Waals surface area contributed by atoms with Gasteiger partial charge in [-0.25, -0.2) is 9.97 Å². The van der Waals surface area contributed by atoms with Gasteiger partial charge in [0.2, 0.25) is 5.91 Å². The average Bonchev–Trinajstić information content (AvgIpc) is 3.08. The molecular weight excluding hydrogens is 392 g/mol. The summed E-state index contributed by atoms with van der Waals surface area (Å²) < 4.78 is 11.6. The van der Waals surface area contributed by atoms with Crippen molar-refractivity contribution in [3.8, 4) is 11.6 Å². The van der Waals surface area contributed by atoms with Crippen molar-refractivity contribution < 1.29 is 13.9 Å². The van der Waals surface area contributed by atoms with Crippen LogP contribution < -0.4 is 11.1 Å². The molecule has 5 rings (SSSR count). The monoisotopic (exact) mass is 414 g/mol. The summed E-state index contributed by atoms with van der Waals surface area (Å²) in [5.41, 5.74) is 9.02. The molecule has 4 aromatic rings. The third-order valence-corrected chi connectivity index (χ3v) is 5.46. The summed E-state index contributed by atoms with van der Waals surface area (Å²) in [4.78, 5) is 21.4. The van der Waals surface area contributed by atoms with Gasteiger partial charge in [-0.05, 0) is 24.5 Å². The molecule has 0 fully saturated rings. The van der Waals surface area contributed by atoms with Gasteiger partial charge < -0.3 is 20.2 Å². The van der Waals surface area contributed by atoms with Crippen LogP contribution in [0.1, 0.15) is 33.6 Å². The number of hydrogen-bond acceptors (Lipinski definition) is 6. The van der Waals surface area contributed by atoms with Crippen LogP contribution in [0.2, 0.25) is 0 Å². The van der Waals surface area contributed by atoms with E-state index in [1.807, 2.05) is 24.3 Å². The number of aromatic nitrogens is 2. The van der Waals surface area contributed by atoms with Crippen molar-refractivity contribution >= 4 is 22.5 Å². The number of furan rings is 1. The van der Waals surface area contributed by atoms with E-state index in [0.29, 0.717) is 42.3 Å².